The Hall–Kier alpha value is -1.00. The van der Waals surface area contributed by atoms with Crippen LogP contribution in [0.3, 0.4) is 0 Å². The number of hydrogen-bond donors (Lipinski definition) is 1. The van der Waals surface area contributed by atoms with Gasteiger partial charge in [0.25, 0.3) is 0 Å². The lowest BCUT2D eigenvalue weighted by molar-refractivity contribution is 0.552. The van der Waals surface area contributed by atoms with E-state index in [0.717, 1.165) is 25.3 Å². The number of thioether (sulfide) groups is 1. The number of aromatic nitrogens is 2. The third-order valence-electron chi connectivity index (χ3n) is 3.33. The molecule has 110 valence electrons. The fourth-order valence-electron chi connectivity index (χ4n) is 2.38. The predicted octanol–water partition coefficient (Wildman–Crippen LogP) is 3.54. The number of nitrogens with one attached hydrogen (secondary N) is 1. The monoisotopic (exact) mass is 291 g/mol. The lowest BCUT2D eigenvalue weighted by Crippen LogP contribution is -2.18. The molecule has 0 atom stereocenters. The number of rotatable bonds is 8. The van der Waals surface area contributed by atoms with E-state index in [-0.39, 0.29) is 0 Å². The van der Waals surface area contributed by atoms with Crippen LogP contribution in [0.4, 0.5) is 0 Å². The van der Waals surface area contributed by atoms with E-state index in [2.05, 4.69) is 47.2 Å². The number of nitrogens with zero attached hydrogens (tertiary/aromatic N) is 2. The maximum absolute atomic E-state index is 4.55. The van der Waals surface area contributed by atoms with Crippen molar-refractivity contribution in [1.82, 2.24) is 14.9 Å². The van der Waals surface area contributed by atoms with Crippen LogP contribution in [0.2, 0.25) is 0 Å². The minimum absolute atomic E-state index is 0.683. The largest absolute Gasteiger partial charge is 0.332 e. The molecule has 0 amide bonds. The van der Waals surface area contributed by atoms with E-state index in [1.165, 1.54) is 23.1 Å². The summed E-state index contributed by atoms with van der Waals surface area (Å²) >= 11 is 1.90. The maximum atomic E-state index is 4.55. The van der Waals surface area contributed by atoms with Gasteiger partial charge in [-0.05, 0) is 48.6 Å². The quantitative estimate of drug-likeness (QED) is 0.755. The van der Waals surface area contributed by atoms with Gasteiger partial charge in [-0.3, -0.25) is 0 Å². The summed E-state index contributed by atoms with van der Waals surface area (Å²) in [6, 6.07) is 4.21. The van der Waals surface area contributed by atoms with Gasteiger partial charge in [0.15, 0.2) is 0 Å². The summed E-state index contributed by atoms with van der Waals surface area (Å²) in [6.07, 6.45) is 7.51. The van der Waals surface area contributed by atoms with Crippen molar-refractivity contribution in [3.63, 3.8) is 0 Å². The average Bonchev–Trinajstić information content (AvgIpc) is 2.78. The van der Waals surface area contributed by atoms with E-state index in [1.54, 1.807) is 0 Å². The molecule has 4 heteroatoms. The van der Waals surface area contributed by atoms with Crippen LogP contribution < -0.4 is 5.32 Å². The van der Waals surface area contributed by atoms with Gasteiger partial charge in [0.05, 0.1) is 0 Å². The van der Waals surface area contributed by atoms with Gasteiger partial charge in [-0.15, -0.1) is 0 Å². The highest BCUT2D eigenvalue weighted by atomic mass is 32.2. The first-order valence-electron chi connectivity index (χ1n) is 7.34. The number of fused-ring (bicyclic) bond motifs is 1. The Morgan fingerprint density at radius 2 is 2.25 bits per heavy atom. The Bertz CT molecular complexity index is 534. The number of aryl methyl sites for hydroxylation is 1. The van der Waals surface area contributed by atoms with E-state index >= 15 is 0 Å². The van der Waals surface area contributed by atoms with Gasteiger partial charge in [0.1, 0.15) is 5.65 Å². The average molecular weight is 291 g/mol. The first-order valence-corrected chi connectivity index (χ1v) is 8.74. The third kappa shape index (κ3) is 4.00. The molecule has 0 saturated heterocycles. The molecule has 0 aliphatic rings. The van der Waals surface area contributed by atoms with Gasteiger partial charge in [0, 0.05) is 30.9 Å². The molecule has 1 N–H and O–H groups in total. The number of pyridine rings is 1. The topological polar surface area (TPSA) is 29.9 Å². The number of hydrogen-bond acceptors (Lipinski definition) is 3. The molecule has 3 nitrogen and oxygen atoms in total. The van der Waals surface area contributed by atoms with Crippen molar-refractivity contribution in [2.24, 2.45) is 5.92 Å². The molecule has 20 heavy (non-hydrogen) atoms. The Kier molecular flexibility index (Phi) is 5.92. The van der Waals surface area contributed by atoms with Gasteiger partial charge in [-0.25, -0.2) is 4.98 Å². The van der Waals surface area contributed by atoms with E-state index in [0.29, 0.717) is 5.92 Å². The molecule has 0 fully saturated rings. The normalized spacial score (nSPS) is 11.6. The Balaban J connectivity index is 2.13. The minimum Gasteiger partial charge on any atom is -0.332 e. The standard InChI is InChI=1S/C16H25N3S/c1-13(2)10-17-11-14-12-19(8-5-9-20-3)16-15(14)6-4-7-18-16/h4,6-7,12-13,17H,5,8-11H2,1-3H3. The molecule has 0 aromatic carbocycles. The minimum atomic E-state index is 0.683. The lowest BCUT2D eigenvalue weighted by atomic mass is 10.2. The van der Waals surface area contributed by atoms with Crippen molar-refractivity contribution in [2.75, 3.05) is 18.6 Å². The van der Waals surface area contributed by atoms with Crippen LogP contribution in [0.1, 0.15) is 25.8 Å². The molecular formula is C16H25N3S. The van der Waals surface area contributed by atoms with Crippen molar-refractivity contribution >= 4 is 22.8 Å². The highest BCUT2D eigenvalue weighted by Gasteiger charge is 2.08. The predicted molar refractivity (Wildman–Crippen MR) is 89.3 cm³/mol. The Morgan fingerprint density at radius 1 is 1.40 bits per heavy atom. The zero-order chi connectivity index (χ0) is 14.4. The first-order chi connectivity index (χ1) is 9.72. The van der Waals surface area contributed by atoms with Crippen LogP contribution >= 0.6 is 11.8 Å². The van der Waals surface area contributed by atoms with Crippen LogP contribution in [0, 0.1) is 5.92 Å². The molecule has 0 aliphatic carbocycles. The molecular weight excluding hydrogens is 266 g/mol. The van der Waals surface area contributed by atoms with E-state index < -0.39 is 0 Å². The summed E-state index contributed by atoms with van der Waals surface area (Å²) in [5, 5.41) is 4.81. The molecule has 2 aromatic heterocycles. The SMILES string of the molecule is CSCCCn1cc(CNCC(C)C)c2cccnc21. The first kappa shape index (κ1) is 15.4. The molecule has 0 unspecified atom stereocenters. The van der Waals surface area contributed by atoms with Gasteiger partial charge < -0.3 is 9.88 Å². The molecule has 0 radical (unpaired) electrons. The van der Waals surface area contributed by atoms with Gasteiger partial charge >= 0.3 is 0 Å². The van der Waals surface area contributed by atoms with Crippen LogP contribution in [0.15, 0.2) is 24.5 Å². The molecule has 0 spiro atoms. The van der Waals surface area contributed by atoms with Gasteiger partial charge in [-0.1, -0.05) is 13.8 Å². The van der Waals surface area contributed by atoms with Crippen molar-refractivity contribution in [3.8, 4) is 0 Å². The van der Waals surface area contributed by atoms with Crippen LogP contribution in [-0.2, 0) is 13.1 Å². The van der Waals surface area contributed by atoms with E-state index in [9.17, 15) is 0 Å². The fraction of sp³-hybridized carbons (Fsp3) is 0.562. The smallest absolute Gasteiger partial charge is 0.140 e. The fourth-order valence-corrected chi connectivity index (χ4v) is 2.80. The Morgan fingerprint density at radius 3 is 3.00 bits per heavy atom. The van der Waals surface area contributed by atoms with Crippen LogP contribution in [0.25, 0.3) is 11.0 Å². The van der Waals surface area contributed by atoms with E-state index in [1.807, 2.05) is 24.0 Å². The highest BCUT2D eigenvalue weighted by molar-refractivity contribution is 7.98. The summed E-state index contributed by atoms with van der Waals surface area (Å²) in [7, 11) is 0. The maximum Gasteiger partial charge on any atom is 0.140 e. The Labute approximate surface area is 126 Å². The highest BCUT2D eigenvalue weighted by Crippen LogP contribution is 2.20. The second kappa shape index (κ2) is 7.70. The van der Waals surface area contributed by atoms with Crippen molar-refractivity contribution in [2.45, 2.75) is 33.4 Å². The van der Waals surface area contributed by atoms with Gasteiger partial charge in [0.2, 0.25) is 0 Å². The molecule has 2 aromatic rings. The molecule has 2 rings (SSSR count). The van der Waals surface area contributed by atoms with Crippen LogP contribution in [-0.4, -0.2) is 28.1 Å². The zero-order valence-electron chi connectivity index (χ0n) is 12.7. The summed E-state index contributed by atoms with van der Waals surface area (Å²) < 4.78 is 2.30. The van der Waals surface area contributed by atoms with Gasteiger partial charge in [-0.2, -0.15) is 11.8 Å². The van der Waals surface area contributed by atoms with Crippen molar-refractivity contribution in [3.05, 3.63) is 30.1 Å². The molecule has 0 bridgehead atoms. The molecule has 0 saturated carbocycles. The van der Waals surface area contributed by atoms with E-state index in [4.69, 9.17) is 0 Å². The lowest BCUT2D eigenvalue weighted by Gasteiger charge is -2.06. The summed E-state index contributed by atoms with van der Waals surface area (Å²) in [4.78, 5) is 4.55. The van der Waals surface area contributed by atoms with Crippen molar-refractivity contribution in [1.29, 1.82) is 0 Å². The molecule has 2 heterocycles. The summed E-state index contributed by atoms with van der Waals surface area (Å²) in [6.45, 7) is 7.51. The second-order valence-electron chi connectivity index (χ2n) is 5.59. The molecule has 0 aliphatic heterocycles. The van der Waals surface area contributed by atoms with Crippen LogP contribution in [0.5, 0.6) is 0 Å². The second-order valence-corrected chi connectivity index (χ2v) is 6.58. The summed E-state index contributed by atoms with van der Waals surface area (Å²) in [5.41, 5.74) is 2.48. The van der Waals surface area contributed by atoms with Crippen molar-refractivity contribution < 1.29 is 0 Å². The zero-order valence-corrected chi connectivity index (χ0v) is 13.5. The summed E-state index contributed by atoms with van der Waals surface area (Å²) in [5.74, 6) is 1.89. The third-order valence-corrected chi connectivity index (χ3v) is 4.03.